The molecule has 0 aliphatic heterocycles. The highest BCUT2D eigenvalue weighted by atomic mass is 16.5. The van der Waals surface area contributed by atoms with E-state index in [2.05, 4.69) is 36.1 Å². The molecule has 0 heterocycles. The molecule has 0 aliphatic carbocycles. The van der Waals surface area contributed by atoms with Gasteiger partial charge in [-0.1, -0.05) is 6.92 Å². The quantitative estimate of drug-likeness (QED) is 0.612. The highest BCUT2D eigenvalue weighted by Crippen LogP contribution is 2.11. The highest BCUT2D eigenvalue weighted by Gasteiger charge is 2.36. The van der Waals surface area contributed by atoms with Crippen molar-refractivity contribution in [1.82, 2.24) is 15.1 Å². The van der Waals surface area contributed by atoms with Crippen LogP contribution < -0.4 is 5.32 Å². The maximum atomic E-state index is 12.1. The van der Waals surface area contributed by atoms with Gasteiger partial charge in [0, 0.05) is 12.6 Å². The van der Waals surface area contributed by atoms with Crippen molar-refractivity contribution < 1.29 is 9.53 Å². The summed E-state index contributed by atoms with van der Waals surface area (Å²) in [6, 6.07) is 0.236. The van der Waals surface area contributed by atoms with Gasteiger partial charge in [0.2, 0.25) is 0 Å². The lowest BCUT2D eigenvalue weighted by molar-refractivity contribution is -0.149. The Labute approximate surface area is 124 Å². The molecule has 5 nitrogen and oxygen atoms in total. The highest BCUT2D eigenvalue weighted by molar-refractivity contribution is 5.80. The molecule has 0 spiro atoms. The van der Waals surface area contributed by atoms with Crippen LogP contribution >= 0.6 is 0 Å². The Balaban J connectivity index is 4.62. The summed E-state index contributed by atoms with van der Waals surface area (Å²) in [7, 11) is 5.61. The molecular formula is C15H33N3O2. The number of ether oxygens (including phenoxy) is 1. The first-order valence-corrected chi connectivity index (χ1v) is 7.48. The zero-order chi connectivity index (χ0) is 15.8. The van der Waals surface area contributed by atoms with E-state index in [-0.39, 0.29) is 12.0 Å². The molecule has 0 saturated heterocycles. The zero-order valence-corrected chi connectivity index (χ0v) is 14.3. The monoisotopic (exact) mass is 287 g/mol. The van der Waals surface area contributed by atoms with E-state index in [1.165, 1.54) is 7.11 Å². The minimum absolute atomic E-state index is 0.197. The molecule has 1 N–H and O–H groups in total. The fourth-order valence-electron chi connectivity index (χ4n) is 2.44. The predicted molar refractivity (Wildman–Crippen MR) is 84.0 cm³/mol. The number of nitrogens with zero attached hydrogens (tertiary/aromatic N) is 2. The Morgan fingerprint density at radius 1 is 1.30 bits per heavy atom. The second kappa shape index (κ2) is 9.32. The van der Waals surface area contributed by atoms with Gasteiger partial charge in [0.25, 0.3) is 0 Å². The van der Waals surface area contributed by atoms with Crippen LogP contribution in [0.25, 0.3) is 0 Å². The third-order valence-corrected chi connectivity index (χ3v) is 3.31. The van der Waals surface area contributed by atoms with Crippen molar-refractivity contribution in [3.63, 3.8) is 0 Å². The number of nitrogens with one attached hydrogen (secondary N) is 1. The average Bonchev–Trinajstić information content (AvgIpc) is 2.35. The van der Waals surface area contributed by atoms with E-state index >= 15 is 0 Å². The van der Waals surface area contributed by atoms with Crippen molar-refractivity contribution >= 4 is 5.97 Å². The van der Waals surface area contributed by atoms with Gasteiger partial charge in [-0.25, -0.2) is 0 Å². The number of methoxy groups -OCH3 is 1. The van der Waals surface area contributed by atoms with Gasteiger partial charge in [0.15, 0.2) is 0 Å². The summed E-state index contributed by atoms with van der Waals surface area (Å²) < 4.78 is 4.97. The number of carbonyl (C=O) groups excluding carboxylic acids is 1. The number of carbonyl (C=O) groups is 1. The molecular weight excluding hydrogens is 254 g/mol. The fraction of sp³-hybridized carbons (Fsp3) is 0.933. The van der Waals surface area contributed by atoms with E-state index in [4.69, 9.17) is 4.74 Å². The van der Waals surface area contributed by atoms with Gasteiger partial charge in [0.05, 0.1) is 7.11 Å². The van der Waals surface area contributed by atoms with Crippen LogP contribution in [0, 0.1) is 0 Å². The molecule has 0 rings (SSSR count). The molecule has 0 fully saturated rings. The number of esters is 1. The number of likely N-dealkylation sites (N-methyl/N-ethyl adjacent to an activating group) is 1. The molecule has 1 atom stereocenters. The van der Waals surface area contributed by atoms with Crippen LogP contribution in [0.3, 0.4) is 0 Å². The Kier molecular flexibility index (Phi) is 9.01. The first-order valence-electron chi connectivity index (χ1n) is 7.48. The molecule has 0 aromatic carbocycles. The minimum Gasteiger partial charge on any atom is -0.468 e. The maximum Gasteiger partial charge on any atom is 0.327 e. The van der Waals surface area contributed by atoms with Crippen molar-refractivity contribution in [3.05, 3.63) is 0 Å². The van der Waals surface area contributed by atoms with E-state index in [9.17, 15) is 4.79 Å². The van der Waals surface area contributed by atoms with Crippen LogP contribution in [-0.2, 0) is 9.53 Å². The Hall–Kier alpha value is -0.650. The molecule has 0 aliphatic rings. The Morgan fingerprint density at radius 2 is 1.90 bits per heavy atom. The summed E-state index contributed by atoms with van der Waals surface area (Å²) in [5.41, 5.74) is -0.656. The van der Waals surface area contributed by atoms with Crippen molar-refractivity contribution in [1.29, 1.82) is 0 Å². The Bertz CT molecular complexity index is 282. The van der Waals surface area contributed by atoms with E-state index < -0.39 is 5.54 Å². The standard InChI is InChI=1S/C15H33N3O2/c1-8-18(11-9-10-17(5)6)12-15(4,14(19)20-7)16-13(2)3/h13,16H,8-12H2,1-7H3. The second-order valence-electron chi connectivity index (χ2n) is 6.15. The van der Waals surface area contributed by atoms with Crippen LogP contribution in [0.5, 0.6) is 0 Å². The number of hydrogen-bond acceptors (Lipinski definition) is 5. The van der Waals surface area contributed by atoms with Gasteiger partial charge in [-0.2, -0.15) is 0 Å². The molecule has 0 radical (unpaired) electrons. The van der Waals surface area contributed by atoms with Crippen LogP contribution in [0.1, 0.15) is 34.1 Å². The molecule has 0 bridgehead atoms. The van der Waals surface area contributed by atoms with Crippen LogP contribution in [-0.4, -0.2) is 74.7 Å². The average molecular weight is 287 g/mol. The summed E-state index contributed by atoms with van der Waals surface area (Å²) in [5.74, 6) is -0.197. The largest absolute Gasteiger partial charge is 0.468 e. The summed E-state index contributed by atoms with van der Waals surface area (Å²) in [6.07, 6.45) is 1.10. The van der Waals surface area contributed by atoms with Crippen molar-refractivity contribution in [2.24, 2.45) is 0 Å². The third-order valence-electron chi connectivity index (χ3n) is 3.31. The normalized spacial score (nSPS) is 14.9. The van der Waals surface area contributed by atoms with E-state index in [1.54, 1.807) is 0 Å². The minimum atomic E-state index is -0.656. The van der Waals surface area contributed by atoms with Crippen molar-refractivity contribution in [2.45, 2.75) is 45.7 Å². The molecule has 0 amide bonds. The molecule has 5 heteroatoms. The van der Waals surface area contributed by atoms with E-state index in [0.29, 0.717) is 6.54 Å². The van der Waals surface area contributed by atoms with Gasteiger partial charge in [-0.3, -0.25) is 10.1 Å². The molecule has 120 valence electrons. The van der Waals surface area contributed by atoms with Crippen molar-refractivity contribution in [2.75, 3.05) is 47.4 Å². The van der Waals surface area contributed by atoms with Crippen LogP contribution in [0.15, 0.2) is 0 Å². The fourth-order valence-corrected chi connectivity index (χ4v) is 2.44. The summed E-state index contributed by atoms with van der Waals surface area (Å²) >= 11 is 0. The van der Waals surface area contributed by atoms with Gasteiger partial charge in [0.1, 0.15) is 5.54 Å². The Morgan fingerprint density at radius 3 is 2.30 bits per heavy atom. The molecule has 20 heavy (non-hydrogen) atoms. The van der Waals surface area contributed by atoms with E-state index in [1.807, 2.05) is 20.8 Å². The lowest BCUT2D eigenvalue weighted by Gasteiger charge is -2.35. The van der Waals surface area contributed by atoms with Gasteiger partial charge in [-0.05, 0) is 60.9 Å². The summed E-state index contributed by atoms with van der Waals surface area (Å²) in [5, 5.41) is 3.34. The van der Waals surface area contributed by atoms with Gasteiger partial charge in [-0.15, -0.1) is 0 Å². The van der Waals surface area contributed by atoms with Crippen molar-refractivity contribution in [3.8, 4) is 0 Å². The lowest BCUT2D eigenvalue weighted by atomic mass is 10.00. The topological polar surface area (TPSA) is 44.8 Å². The molecule has 0 saturated carbocycles. The lowest BCUT2D eigenvalue weighted by Crippen LogP contribution is -2.59. The first-order chi connectivity index (χ1) is 9.25. The maximum absolute atomic E-state index is 12.1. The smallest absolute Gasteiger partial charge is 0.327 e. The summed E-state index contributed by atoms with van der Waals surface area (Å²) in [6.45, 7) is 11.8. The van der Waals surface area contributed by atoms with Crippen LogP contribution in [0.4, 0.5) is 0 Å². The number of hydrogen-bond donors (Lipinski definition) is 1. The van der Waals surface area contributed by atoms with Gasteiger partial charge >= 0.3 is 5.97 Å². The number of rotatable bonds is 10. The predicted octanol–water partition coefficient (Wildman–Crippen LogP) is 1.19. The second-order valence-corrected chi connectivity index (χ2v) is 6.15. The molecule has 0 aromatic rings. The summed E-state index contributed by atoms with van der Waals surface area (Å²) in [4.78, 5) is 16.6. The molecule has 1 unspecified atom stereocenters. The third kappa shape index (κ3) is 7.22. The van der Waals surface area contributed by atoms with E-state index in [0.717, 1.165) is 26.1 Å². The molecule has 0 aromatic heterocycles. The van der Waals surface area contributed by atoms with Crippen LogP contribution in [0.2, 0.25) is 0 Å². The SMILES string of the molecule is CCN(CCCN(C)C)CC(C)(NC(C)C)C(=O)OC. The first kappa shape index (κ1) is 19.4. The van der Waals surface area contributed by atoms with Gasteiger partial charge < -0.3 is 14.5 Å². The zero-order valence-electron chi connectivity index (χ0n) is 14.3.